The summed E-state index contributed by atoms with van der Waals surface area (Å²) in [6, 6.07) is -0.930. The molecule has 0 bridgehead atoms. The van der Waals surface area contributed by atoms with Gasteiger partial charge in [0, 0.05) is 12.8 Å². The highest BCUT2D eigenvalue weighted by molar-refractivity contribution is 7.45. The molecule has 0 rings (SSSR count). The number of likely N-dealkylation sites (N-methyl/N-ethyl adjacent to an activating group) is 1. The number of hydrogen-bond donors (Lipinski definition) is 2. The summed E-state index contributed by atoms with van der Waals surface area (Å²) >= 11 is 0. The van der Waals surface area contributed by atoms with E-state index in [9.17, 15) is 24.2 Å². The molecule has 0 fully saturated rings. The van der Waals surface area contributed by atoms with Crippen molar-refractivity contribution in [3.8, 4) is 0 Å². The average Bonchev–Trinajstić information content (AvgIpc) is 3.08. The number of phosphoric acid groups is 1. The Morgan fingerprint density at radius 1 is 0.712 bits per heavy atom. The molecule has 0 saturated heterocycles. The third kappa shape index (κ3) is 35.4. The Morgan fingerprint density at radius 2 is 1.21 bits per heavy atom. The van der Waals surface area contributed by atoms with E-state index in [-0.39, 0.29) is 24.7 Å². The lowest BCUT2D eigenvalue weighted by Crippen LogP contribution is -2.45. The highest BCUT2D eigenvalue weighted by Crippen LogP contribution is 2.38. The number of hydrogen-bond acceptors (Lipinski definition) is 7. The molecule has 0 aliphatic heterocycles. The third-order valence-electron chi connectivity index (χ3n) is 9.07. The van der Waals surface area contributed by atoms with Crippen LogP contribution in [-0.4, -0.2) is 74.3 Å². The summed E-state index contributed by atoms with van der Waals surface area (Å²) in [5.41, 5.74) is 0. The van der Waals surface area contributed by atoms with Crippen LogP contribution in [0.5, 0.6) is 0 Å². The van der Waals surface area contributed by atoms with Gasteiger partial charge < -0.3 is 28.8 Å². The maximum atomic E-state index is 12.8. The summed E-state index contributed by atoms with van der Waals surface area (Å²) in [5.74, 6) is -0.134. The van der Waals surface area contributed by atoms with Crippen molar-refractivity contribution in [2.45, 2.75) is 180 Å². The molecule has 9 nitrogen and oxygen atoms in total. The summed E-state index contributed by atoms with van der Waals surface area (Å²) in [5, 5.41) is 13.7. The first-order valence-electron chi connectivity index (χ1n) is 20.8. The molecule has 0 aromatic carbocycles. The highest BCUT2D eigenvalue weighted by Gasteiger charge is 2.23. The van der Waals surface area contributed by atoms with Crippen molar-refractivity contribution < 1.29 is 37.7 Å². The normalized spacial score (nSPS) is 14.8. The highest BCUT2D eigenvalue weighted by atomic mass is 31.2. The summed E-state index contributed by atoms with van der Waals surface area (Å²) in [6.07, 6.45) is 35.7. The molecule has 0 heterocycles. The van der Waals surface area contributed by atoms with E-state index in [1.807, 2.05) is 39.4 Å². The van der Waals surface area contributed by atoms with E-state index < -0.39 is 26.6 Å². The van der Waals surface area contributed by atoms with Gasteiger partial charge in [-0.15, -0.1) is 0 Å². The first-order chi connectivity index (χ1) is 24.9. The lowest BCUT2D eigenvalue weighted by atomic mass is 10.0. The van der Waals surface area contributed by atoms with Gasteiger partial charge in [-0.05, 0) is 44.6 Å². The average molecular weight is 755 g/mol. The largest absolute Gasteiger partial charge is 0.756 e. The number of unbranched alkanes of at least 4 members (excludes halogenated alkanes) is 19. The van der Waals surface area contributed by atoms with E-state index in [1.54, 1.807) is 12.2 Å². The van der Waals surface area contributed by atoms with Crippen molar-refractivity contribution in [1.29, 1.82) is 0 Å². The molecular formula is C42H79N2O7P. The quantitative estimate of drug-likeness (QED) is 0.0162. The van der Waals surface area contributed by atoms with Gasteiger partial charge in [-0.2, -0.15) is 0 Å². The molecule has 1 amide bonds. The molecule has 1 unspecified atom stereocenters. The predicted molar refractivity (Wildman–Crippen MR) is 215 cm³/mol. The molecule has 3 atom stereocenters. The Bertz CT molecular complexity index is 1010. The van der Waals surface area contributed by atoms with E-state index in [0.717, 1.165) is 51.4 Å². The second-order valence-electron chi connectivity index (χ2n) is 15.4. The summed E-state index contributed by atoms with van der Waals surface area (Å²) < 4.78 is 23.1. The Labute approximate surface area is 319 Å². The van der Waals surface area contributed by atoms with E-state index in [2.05, 4.69) is 25.2 Å². The lowest BCUT2D eigenvalue weighted by Gasteiger charge is -2.29. The van der Waals surface area contributed by atoms with Crippen LogP contribution >= 0.6 is 7.82 Å². The molecule has 2 N–H and O–H groups in total. The number of ketones is 1. The smallest absolute Gasteiger partial charge is 0.268 e. The molecule has 0 aliphatic rings. The first-order valence-corrected chi connectivity index (χ1v) is 22.3. The van der Waals surface area contributed by atoms with Gasteiger partial charge >= 0.3 is 0 Å². The van der Waals surface area contributed by atoms with E-state index in [0.29, 0.717) is 23.9 Å². The monoisotopic (exact) mass is 755 g/mol. The van der Waals surface area contributed by atoms with Gasteiger partial charge in [-0.1, -0.05) is 147 Å². The maximum Gasteiger partial charge on any atom is 0.268 e. The molecule has 0 radical (unpaired) electrons. The predicted octanol–water partition coefficient (Wildman–Crippen LogP) is 9.68. The van der Waals surface area contributed by atoms with Crippen LogP contribution in [0.15, 0.2) is 36.5 Å². The number of phosphoric ester groups is 1. The first kappa shape index (κ1) is 50.4. The molecule has 10 heteroatoms. The van der Waals surface area contributed by atoms with Crippen LogP contribution in [0.25, 0.3) is 0 Å². The third-order valence-corrected chi connectivity index (χ3v) is 10.0. The lowest BCUT2D eigenvalue weighted by molar-refractivity contribution is -0.870. The minimum absolute atomic E-state index is 0.0236. The fraction of sp³-hybridized carbons (Fsp3) is 0.810. The van der Waals surface area contributed by atoms with Gasteiger partial charge in [0.25, 0.3) is 7.82 Å². The van der Waals surface area contributed by atoms with Crippen LogP contribution in [0.1, 0.15) is 168 Å². The van der Waals surface area contributed by atoms with Gasteiger partial charge in [0.15, 0.2) is 5.78 Å². The van der Waals surface area contributed by atoms with Crippen LogP contribution < -0.4 is 10.2 Å². The number of rotatable bonds is 37. The second-order valence-corrected chi connectivity index (χ2v) is 16.8. The van der Waals surface area contributed by atoms with Gasteiger partial charge in [0.05, 0.1) is 39.9 Å². The van der Waals surface area contributed by atoms with Crippen molar-refractivity contribution >= 4 is 19.5 Å². The summed E-state index contributed by atoms with van der Waals surface area (Å²) in [7, 11) is 1.18. The van der Waals surface area contributed by atoms with E-state index in [4.69, 9.17) is 9.05 Å². The number of quaternary nitrogens is 1. The molecule has 0 aromatic heterocycles. The van der Waals surface area contributed by atoms with Crippen molar-refractivity contribution in [2.75, 3.05) is 40.9 Å². The van der Waals surface area contributed by atoms with E-state index >= 15 is 0 Å². The number of amides is 1. The standard InChI is InChI=1S/C42H79N2O7P/c1-6-8-10-12-14-15-16-17-18-19-20-22-26-30-34-41(46)40(38-51-52(48,49)50-37-36-44(3,4)5)43-42(47)35-31-27-23-25-29-33-39(45)32-28-24-21-13-11-9-7-2/h21,24,28,30,32,34,40-41,46H,6-20,22-23,25-27,29,31,33,35-38H2,1-5H3,(H-,43,47,48,49)/b24-21-,32-28+,34-30+/t40-,41+/m0/s1. The van der Waals surface area contributed by atoms with Crippen LogP contribution in [0.2, 0.25) is 0 Å². The topological polar surface area (TPSA) is 125 Å². The fourth-order valence-corrected chi connectivity index (χ4v) is 6.38. The minimum Gasteiger partial charge on any atom is -0.756 e. The number of nitrogens with one attached hydrogen (secondary N) is 1. The van der Waals surface area contributed by atoms with Crippen LogP contribution in [-0.2, 0) is 23.2 Å². The van der Waals surface area contributed by atoms with Crippen LogP contribution in [0.3, 0.4) is 0 Å². The van der Waals surface area contributed by atoms with Gasteiger partial charge in [-0.25, -0.2) is 0 Å². The number of carbonyl (C=O) groups is 2. The van der Waals surface area contributed by atoms with E-state index in [1.165, 1.54) is 83.5 Å². The number of aliphatic hydroxyl groups excluding tert-OH is 1. The summed E-state index contributed by atoms with van der Waals surface area (Å²) in [6.45, 7) is 4.47. The molecule has 0 aromatic rings. The van der Waals surface area contributed by atoms with Gasteiger partial charge in [0.1, 0.15) is 13.2 Å². The SMILES string of the molecule is CCCCC/C=C\C=C\C(=O)CCCCCCCC(=O)N[C@@H](COP(=O)([O-])OCC[N+](C)(C)C)[C@H](O)/C=C/CCCCCCCCCCCCCC. The van der Waals surface area contributed by atoms with Crippen molar-refractivity contribution in [3.05, 3.63) is 36.5 Å². The van der Waals surface area contributed by atoms with Gasteiger partial charge in [-0.3, -0.25) is 14.2 Å². The molecule has 304 valence electrons. The molecule has 0 spiro atoms. The molecule has 52 heavy (non-hydrogen) atoms. The van der Waals surface area contributed by atoms with Crippen LogP contribution in [0, 0.1) is 0 Å². The zero-order valence-corrected chi connectivity index (χ0v) is 34.9. The van der Waals surface area contributed by atoms with Crippen molar-refractivity contribution in [1.82, 2.24) is 5.32 Å². The Kier molecular flexibility index (Phi) is 32.9. The van der Waals surface area contributed by atoms with Crippen molar-refractivity contribution in [3.63, 3.8) is 0 Å². The number of allylic oxidation sites excluding steroid dienone is 5. The van der Waals surface area contributed by atoms with Crippen molar-refractivity contribution in [2.24, 2.45) is 0 Å². The second kappa shape index (κ2) is 33.9. The number of carbonyl (C=O) groups excluding carboxylic acids is 2. The Hall–Kier alpha value is -1.61. The minimum atomic E-state index is -4.61. The molecular weight excluding hydrogens is 675 g/mol. The fourth-order valence-electron chi connectivity index (χ4n) is 5.66. The van der Waals surface area contributed by atoms with Gasteiger partial charge in [0.2, 0.25) is 5.91 Å². The Morgan fingerprint density at radius 3 is 1.81 bits per heavy atom. The van der Waals surface area contributed by atoms with Crippen LogP contribution in [0.4, 0.5) is 0 Å². The maximum absolute atomic E-state index is 12.8. The molecule has 0 saturated carbocycles. The Balaban J connectivity index is 4.58. The summed E-state index contributed by atoms with van der Waals surface area (Å²) in [4.78, 5) is 37.3. The number of aliphatic hydroxyl groups is 1. The number of nitrogens with zero attached hydrogens (tertiary/aromatic N) is 1. The molecule has 0 aliphatic carbocycles. The zero-order valence-electron chi connectivity index (χ0n) is 34.0. The zero-order chi connectivity index (χ0) is 38.8.